The van der Waals surface area contributed by atoms with E-state index in [9.17, 15) is 0 Å². The largest absolute Gasteiger partial charge is 0.355 e. The van der Waals surface area contributed by atoms with Gasteiger partial charge in [-0.25, -0.2) is 4.98 Å². The predicted molar refractivity (Wildman–Crippen MR) is 71.7 cm³/mol. The molecule has 18 heavy (non-hydrogen) atoms. The van der Waals surface area contributed by atoms with E-state index < -0.39 is 0 Å². The summed E-state index contributed by atoms with van der Waals surface area (Å²) in [5.41, 5.74) is 1.93. The van der Waals surface area contributed by atoms with Crippen molar-refractivity contribution in [3.05, 3.63) is 18.5 Å². The molecule has 3 rings (SSSR count). The Balaban J connectivity index is 1.53. The molecule has 6 nitrogen and oxygen atoms in total. The lowest BCUT2D eigenvalue weighted by Gasteiger charge is -2.26. The van der Waals surface area contributed by atoms with Crippen LogP contribution >= 0.6 is 0 Å². The molecule has 0 spiro atoms. The maximum absolute atomic E-state index is 4.46. The van der Waals surface area contributed by atoms with Gasteiger partial charge in [-0.05, 0) is 6.07 Å². The van der Waals surface area contributed by atoms with Crippen LogP contribution in [-0.4, -0.2) is 59.1 Å². The average Bonchev–Trinajstić information content (AvgIpc) is 2.82. The SMILES string of the molecule is c1cc2nc(NCCN3CCNCC3)[nH]c2cn1. The van der Waals surface area contributed by atoms with E-state index in [0.717, 1.165) is 56.3 Å². The van der Waals surface area contributed by atoms with E-state index in [2.05, 4.69) is 30.5 Å². The van der Waals surface area contributed by atoms with Crippen molar-refractivity contribution in [1.82, 2.24) is 25.2 Å². The number of hydrogen-bond acceptors (Lipinski definition) is 5. The molecule has 0 bridgehead atoms. The number of aromatic amines is 1. The molecule has 1 aliphatic rings. The number of rotatable bonds is 4. The lowest BCUT2D eigenvalue weighted by molar-refractivity contribution is 0.249. The van der Waals surface area contributed by atoms with Gasteiger partial charge >= 0.3 is 0 Å². The highest BCUT2D eigenvalue weighted by atomic mass is 15.2. The van der Waals surface area contributed by atoms with Gasteiger partial charge in [-0.2, -0.15) is 0 Å². The van der Waals surface area contributed by atoms with Crippen LogP contribution in [0.2, 0.25) is 0 Å². The second kappa shape index (κ2) is 5.32. The summed E-state index contributed by atoms with van der Waals surface area (Å²) in [4.78, 5) is 14.2. The monoisotopic (exact) mass is 246 g/mol. The van der Waals surface area contributed by atoms with Gasteiger partial charge in [-0.3, -0.25) is 9.88 Å². The van der Waals surface area contributed by atoms with E-state index in [1.54, 1.807) is 12.4 Å². The summed E-state index contributed by atoms with van der Waals surface area (Å²) in [5.74, 6) is 0.827. The molecular formula is C12H18N6. The van der Waals surface area contributed by atoms with Crippen molar-refractivity contribution in [1.29, 1.82) is 0 Å². The van der Waals surface area contributed by atoms with Crippen LogP contribution in [0.4, 0.5) is 5.95 Å². The molecule has 0 aliphatic carbocycles. The first-order valence-electron chi connectivity index (χ1n) is 6.38. The molecule has 0 saturated carbocycles. The average molecular weight is 246 g/mol. The number of piperazine rings is 1. The van der Waals surface area contributed by atoms with Gasteiger partial charge < -0.3 is 15.6 Å². The number of hydrogen-bond donors (Lipinski definition) is 3. The number of imidazole rings is 1. The van der Waals surface area contributed by atoms with Gasteiger partial charge in [0.05, 0.1) is 17.2 Å². The normalized spacial score (nSPS) is 17.1. The van der Waals surface area contributed by atoms with E-state index in [1.165, 1.54) is 0 Å². The minimum atomic E-state index is 0.827. The third-order valence-corrected chi connectivity index (χ3v) is 3.21. The molecule has 0 atom stereocenters. The summed E-state index contributed by atoms with van der Waals surface area (Å²) in [6.07, 6.45) is 3.55. The third kappa shape index (κ3) is 2.60. The van der Waals surface area contributed by atoms with Gasteiger partial charge in [0, 0.05) is 45.5 Å². The van der Waals surface area contributed by atoms with Gasteiger partial charge in [0.1, 0.15) is 0 Å². The maximum atomic E-state index is 4.46. The van der Waals surface area contributed by atoms with Gasteiger partial charge in [-0.1, -0.05) is 0 Å². The molecule has 6 heteroatoms. The number of pyridine rings is 1. The van der Waals surface area contributed by atoms with Crippen molar-refractivity contribution >= 4 is 17.0 Å². The molecule has 2 aromatic rings. The molecule has 0 radical (unpaired) electrons. The van der Waals surface area contributed by atoms with Gasteiger partial charge in [0.15, 0.2) is 0 Å². The summed E-state index contributed by atoms with van der Waals surface area (Å²) >= 11 is 0. The Morgan fingerprint density at radius 2 is 2.22 bits per heavy atom. The van der Waals surface area contributed by atoms with Crippen LogP contribution in [0, 0.1) is 0 Å². The van der Waals surface area contributed by atoms with Gasteiger partial charge in [0.25, 0.3) is 0 Å². The van der Waals surface area contributed by atoms with E-state index in [4.69, 9.17) is 0 Å². The molecule has 1 saturated heterocycles. The lowest BCUT2D eigenvalue weighted by atomic mass is 10.3. The zero-order valence-electron chi connectivity index (χ0n) is 10.3. The molecule has 96 valence electrons. The van der Waals surface area contributed by atoms with Crippen molar-refractivity contribution in [3.8, 4) is 0 Å². The molecular weight excluding hydrogens is 228 g/mol. The van der Waals surface area contributed by atoms with E-state index in [-0.39, 0.29) is 0 Å². The molecule has 0 amide bonds. The first-order chi connectivity index (χ1) is 8.92. The van der Waals surface area contributed by atoms with Crippen molar-refractivity contribution in [2.45, 2.75) is 0 Å². The van der Waals surface area contributed by atoms with E-state index in [0.29, 0.717) is 0 Å². The molecule has 0 unspecified atom stereocenters. The standard InChI is InChI=1S/C12H18N6/c1-2-14-9-11-10(1)16-12(17-11)15-5-8-18-6-3-13-4-7-18/h1-2,9,13H,3-8H2,(H2,15,16,17). The fourth-order valence-corrected chi connectivity index (χ4v) is 2.21. The van der Waals surface area contributed by atoms with Crippen LogP contribution in [0.1, 0.15) is 0 Å². The molecule has 0 aromatic carbocycles. The summed E-state index contributed by atoms with van der Waals surface area (Å²) in [7, 11) is 0. The fourth-order valence-electron chi connectivity index (χ4n) is 2.21. The van der Waals surface area contributed by atoms with Crippen LogP contribution in [0.3, 0.4) is 0 Å². The van der Waals surface area contributed by atoms with E-state index >= 15 is 0 Å². The smallest absolute Gasteiger partial charge is 0.201 e. The number of anilines is 1. The maximum Gasteiger partial charge on any atom is 0.201 e. The zero-order chi connectivity index (χ0) is 12.2. The number of fused-ring (bicyclic) bond motifs is 1. The van der Waals surface area contributed by atoms with Crippen molar-refractivity contribution in [2.75, 3.05) is 44.6 Å². The number of aromatic nitrogens is 3. The first-order valence-corrected chi connectivity index (χ1v) is 6.38. The first kappa shape index (κ1) is 11.4. The Kier molecular flexibility index (Phi) is 3.38. The predicted octanol–water partition coefficient (Wildman–Crippen LogP) is 0.275. The zero-order valence-corrected chi connectivity index (χ0v) is 10.3. The summed E-state index contributed by atoms with van der Waals surface area (Å²) in [6, 6.07) is 1.91. The van der Waals surface area contributed by atoms with Crippen LogP contribution in [-0.2, 0) is 0 Å². The minimum Gasteiger partial charge on any atom is -0.355 e. The third-order valence-electron chi connectivity index (χ3n) is 3.21. The summed E-state index contributed by atoms with van der Waals surface area (Å²) in [6.45, 7) is 6.41. The Bertz CT molecular complexity index is 469. The van der Waals surface area contributed by atoms with Crippen LogP contribution < -0.4 is 10.6 Å². The molecule has 3 heterocycles. The Morgan fingerprint density at radius 1 is 1.33 bits per heavy atom. The van der Waals surface area contributed by atoms with Gasteiger partial charge in [0.2, 0.25) is 5.95 Å². The number of H-pyrrole nitrogens is 1. The Hall–Kier alpha value is -1.66. The molecule has 1 fully saturated rings. The second-order valence-corrected chi connectivity index (χ2v) is 4.50. The van der Waals surface area contributed by atoms with Crippen molar-refractivity contribution in [2.24, 2.45) is 0 Å². The van der Waals surface area contributed by atoms with E-state index in [1.807, 2.05) is 6.07 Å². The van der Waals surface area contributed by atoms with Crippen LogP contribution in [0.25, 0.3) is 11.0 Å². The number of nitrogens with one attached hydrogen (secondary N) is 3. The summed E-state index contributed by atoms with van der Waals surface area (Å²) < 4.78 is 0. The van der Waals surface area contributed by atoms with Crippen molar-refractivity contribution < 1.29 is 0 Å². The fraction of sp³-hybridized carbons (Fsp3) is 0.500. The highest BCUT2D eigenvalue weighted by Gasteiger charge is 2.08. The topological polar surface area (TPSA) is 68.9 Å². The highest BCUT2D eigenvalue weighted by Crippen LogP contribution is 2.11. The molecule has 1 aliphatic heterocycles. The summed E-state index contributed by atoms with van der Waals surface area (Å²) in [5, 5.41) is 6.68. The lowest BCUT2D eigenvalue weighted by Crippen LogP contribution is -2.45. The van der Waals surface area contributed by atoms with Crippen LogP contribution in [0.5, 0.6) is 0 Å². The minimum absolute atomic E-state index is 0.827. The highest BCUT2D eigenvalue weighted by molar-refractivity contribution is 5.75. The molecule has 3 N–H and O–H groups in total. The van der Waals surface area contributed by atoms with Gasteiger partial charge in [-0.15, -0.1) is 0 Å². The Morgan fingerprint density at radius 3 is 3.06 bits per heavy atom. The second-order valence-electron chi connectivity index (χ2n) is 4.50. The van der Waals surface area contributed by atoms with Crippen LogP contribution in [0.15, 0.2) is 18.5 Å². The quantitative estimate of drug-likeness (QED) is 0.723. The molecule has 2 aromatic heterocycles. The Labute approximate surface area is 106 Å². The van der Waals surface area contributed by atoms with Crippen molar-refractivity contribution in [3.63, 3.8) is 0 Å². The number of nitrogens with zero attached hydrogens (tertiary/aromatic N) is 3.